The maximum absolute atomic E-state index is 12.5. The van der Waals surface area contributed by atoms with Gasteiger partial charge in [-0.2, -0.15) is 13.2 Å². The van der Waals surface area contributed by atoms with Crippen molar-refractivity contribution in [3.05, 3.63) is 53.7 Å². The highest BCUT2D eigenvalue weighted by molar-refractivity contribution is 5.94. The zero-order chi connectivity index (χ0) is 19.9. The lowest BCUT2D eigenvalue weighted by atomic mass is 10.2. The normalized spacial score (nSPS) is 11.5. The first-order valence-electron chi connectivity index (χ1n) is 8.46. The van der Waals surface area contributed by atoms with Crippen LogP contribution >= 0.6 is 0 Å². The number of halogens is 3. The van der Waals surface area contributed by atoms with E-state index in [2.05, 4.69) is 10.3 Å². The van der Waals surface area contributed by atoms with Crippen LogP contribution in [0.3, 0.4) is 0 Å². The number of aromatic nitrogens is 1. The van der Waals surface area contributed by atoms with Crippen molar-refractivity contribution < 1.29 is 27.4 Å². The number of benzene rings is 1. The van der Waals surface area contributed by atoms with E-state index in [4.69, 9.17) is 9.47 Å². The predicted molar refractivity (Wildman–Crippen MR) is 93.8 cm³/mol. The number of ether oxygens (including phenoxy) is 2. The molecule has 1 amide bonds. The van der Waals surface area contributed by atoms with Gasteiger partial charge in [0.1, 0.15) is 5.75 Å². The van der Waals surface area contributed by atoms with Crippen molar-refractivity contribution in [2.75, 3.05) is 13.2 Å². The number of alkyl halides is 3. The molecule has 0 aliphatic carbocycles. The van der Waals surface area contributed by atoms with Crippen LogP contribution in [0.25, 0.3) is 0 Å². The van der Waals surface area contributed by atoms with Crippen LogP contribution in [0.4, 0.5) is 13.2 Å². The zero-order valence-electron chi connectivity index (χ0n) is 15.0. The molecule has 0 radical (unpaired) electrons. The van der Waals surface area contributed by atoms with E-state index >= 15 is 0 Å². The molecule has 8 heteroatoms. The summed E-state index contributed by atoms with van der Waals surface area (Å²) >= 11 is 0. The third-order valence-electron chi connectivity index (χ3n) is 3.46. The first-order valence-corrected chi connectivity index (χ1v) is 8.46. The Labute approximate surface area is 155 Å². The van der Waals surface area contributed by atoms with Crippen LogP contribution in [-0.4, -0.2) is 30.1 Å². The van der Waals surface area contributed by atoms with Gasteiger partial charge in [0.25, 0.3) is 5.91 Å². The Bertz CT molecular complexity index is 729. The van der Waals surface area contributed by atoms with E-state index in [9.17, 15) is 18.0 Å². The second-order valence-corrected chi connectivity index (χ2v) is 6.04. The van der Waals surface area contributed by atoms with Gasteiger partial charge in [-0.1, -0.05) is 0 Å². The summed E-state index contributed by atoms with van der Waals surface area (Å²) in [6.07, 6.45) is -2.86. The maximum Gasteiger partial charge on any atom is 0.417 e. The molecule has 0 saturated carbocycles. The summed E-state index contributed by atoms with van der Waals surface area (Å²) < 4.78 is 48.3. The van der Waals surface area contributed by atoms with Gasteiger partial charge in [-0.15, -0.1) is 0 Å². The van der Waals surface area contributed by atoms with Gasteiger partial charge in [0.15, 0.2) is 0 Å². The largest absolute Gasteiger partial charge is 0.439 e. The first kappa shape index (κ1) is 20.7. The number of carbonyl (C=O) groups excluding carboxylic acids is 1. The van der Waals surface area contributed by atoms with E-state index in [1.807, 2.05) is 13.8 Å². The molecule has 0 unspecified atom stereocenters. The van der Waals surface area contributed by atoms with Gasteiger partial charge >= 0.3 is 6.18 Å². The summed E-state index contributed by atoms with van der Waals surface area (Å²) in [4.78, 5) is 15.7. The number of hydrogen-bond donors (Lipinski definition) is 1. The summed E-state index contributed by atoms with van der Waals surface area (Å²) in [7, 11) is 0. The van der Waals surface area contributed by atoms with E-state index in [1.54, 1.807) is 24.3 Å². The first-order chi connectivity index (χ1) is 12.8. The SMILES string of the molecule is CC(C)OCCCNC(=O)c1ccc(Oc2ccc(C(F)(F)F)cn2)cc1. The van der Waals surface area contributed by atoms with Crippen LogP contribution in [-0.2, 0) is 10.9 Å². The molecule has 5 nitrogen and oxygen atoms in total. The molecule has 2 aromatic rings. The minimum absolute atomic E-state index is 0.0327. The van der Waals surface area contributed by atoms with Crippen molar-refractivity contribution in [3.63, 3.8) is 0 Å². The molecule has 0 spiro atoms. The average molecular weight is 382 g/mol. The van der Waals surface area contributed by atoms with Gasteiger partial charge in [-0.3, -0.25) is 4.79 Å². The molecule has 1 heterocycles. The molecular weight excluding hydrogens is 361 g/mol. The van der Waals surface area contributed by atoms with Crippen molar-refractivity contribution in [2.45, 2.75) is 32.5 Å². The Morgan fingerprint density at radius 1 is 1.15 bits per heavy atom. The summed E-state index contributed by atoms with van der Waals surface area (Å²) in [5.41, 5.74) is -0.395. The third kappa shape index (κ3) is 6.90. The highest BCUT2D eigenvalue weighted by Crippen LogP contribution is 2.30. The molecule has 0 fully saturated rings. The number of carbonyl (C=O) groups is 1. The molecule has 27 heavy (non-hydrogen) atoms. The lowest BCUT2D eigenvalue weighted by Gasteiger charge is -2.09. The number of nitrogens with zero attached hydrogens (tertiary/aromatic N) is 1. The lowest BCUT2D eigenvalue weighted by molar-refractivity contribution is -0.137. The van der Waals surface area contributed by atoms with Crippen LogP contribution in [0.15, 0.2) is 42.6 Å². The molecule has 2 rings (SSSR count). The summed E-state index contributed by atoms with van der Waals surface area (Å²) in [5, 5.41) is 2.78. The van der Waals surface area contributed by atoms with Gasteiger partial charge < -0.3 is 14.8 Å². The maximum atomic E-state index is 12.5. The van der Waals surface area contributed by atoms with E-state index in [0.717, 1.165) is 12.1 Å². The van der Waals surface area contributed by atoms with E-state index in [0.29, 0.717) is 37.1 Å². The number of hydrogen-bond acceptors (Lipinski definition) is 4. The van der Waals surface area contributed by atoms with E-state index < -0.39 is 11.7 Å². The molecular formula is C19H21F3N2O3. The molecule has 1 aromatic carbocycles. The molecule has 1 N–H and O–H groups in total. The molecule has 146 valence electrons. The lowest BCUT2D eigenvalue weighted by Crippen LogP contribution is -2.25. The fraction of sp³-hybridized carbons (Fsp3) is 0.368. The molecule has 0 aliphatic heterocycles. The van der Waals surface area contributed by atoms with E-state index in [-0.39, 0.29) is 17.9 Å². The standard InChI is InChI=1S/C19H21F3N2O3/c1-13(2)26-11-3-10-23-18(25)14-4-7-16(8-5-14)27-17-9-6-15(12-24-17)19(20,21)22/h4-9,12-13H,3,10-11H2,1-2H3,(H,23,25). The second kappa shape index (κ2) is 9.36. The van der Waals surface area contributed by atoms with Gasteiger partial charge in [0.2, 0.25) is 5.88 Å². The van der Waals surface area contributed by atoms with Crippen LogP contribution in [0.2, 0.25) is 0 Å². The molecule has 0 aliphatic rings. The quantitative estimate of drug-likeness (QED) is 0.686. The Morgan fingerprint density at radius 2 is 1.85 bits per heavy atom. The Morgan fingerprint density at radius 3 is 2.41 bits per heavy atom. The number of amides is 1. The van der Waals surface area contributed by atoms with Crippen LogP contribution in [0, 0.1) is 0 Å². The van der Waals surface area contributed by atoms with Crippen molar-refractivity contribution >= 4 is 5.91 Å². The zero-order valence-corrected chi connectivity index (χ0v) is 15.0. The fourth-order valence-electron chi connectivity index (χ4n) is 2.10. The second-order valence-electron chi connectivity index (χ2n) is 6.04. The predicted octanol–water partition coefficient (Wildman–Crippen LogP) is 4.44. The molecule has 1 aromatic heterocycles. The van der Waals surface area contributed by atoms with Crippen molar-refractivity contribution in [1.29, 1.82) is 0 Å². The van der Waals surface area contributed by atoms with Gasteiger partial charge in [-0.05, 0) is 50.6 Å². The topological polar surface area (TPSA) is 60.5 Å². The molecule has 0 atom stereocenters. The van der Waals surface area contributed by atoms with Gasteiger partial charge in [-0.25, -0.2) is 4.98 Å². The third-order valence-corrected chi connectivity index (χ3v) is 3.46. The Kier molecular flexibility index (Phi) is 7.18. The highest BCUT2D eigenvalue weighted by atomic mass is 19.4. The Hall–Kier alpha value is -2.61. The highest BCUT2D eigenvalue weighted by Gasteiger charge is 2.30. The smallest absolute Gasteiger partial charge is 0.417 e. The van der Waals surface area contributed by atoms with Crippen molar-refractivity contribution in [1.82, 2.24) is 10.3 Å². The van der Waals surface area contributed by atoms with Gasteiger partial charge in [0.05, 0.1) is 11.7 Å². The van der Waals surface area contributed by atoms with Crippen LogP contribution in [0.1, 0.15) is 36.2 Å². The number of pyridine rings is 1. The summed E-state index contributed by atoms with van der Waals surface area (Å²) in [6, 6.07) is 8.28. The fourth-order valence-corrected chi connectivity index (χ4v) is 2.10. The summed E-state index contributed by atoms with van der Waals surface area (Å²) in [5.74, 6) is 0.174. The summed E-state index contributed by atoms with van der Waals surface area (Å²) in [6.45, 7) is 4.97. The average Bonchev–Trinajstić information content (AvgIpc) is 2.61. The number of rotatable bonds is 8. The van der Waals surface area contributed by atoms with Gasteiger partial charge in [0, 0.05) is 31.0 Å². The minimum atomic E-state index is -4.44. The van der Waals surface area contributed by atoms with E-state index in [1.165, 1.54) is 0 Å². The minimum Gasteiger partial charge on any atom is -0.439 e. The van der Waals surface area contributed by atoms with Crippen molar-refractivity contribution in [3.8, 4) is 11.6 Å². The van der Waals surface area contributed by atoms with Crippen molar-refractivity contribution in [2.24, 2.45) is 0 Å². The number of nitrogens with one attached hydrogen (secondary N) is 1. The van der Waals surface area contributed by atoms with Crippen LogP contribution in [0.5, 0.6) is 11.6 Å². The molecule has 0 bridgehead atoms. The molecule has 0 saturated heterocycles. The Balaban J connectivity index is 1.85. The monoisotopic (exact) mass is 382 g/mol. The van der Waals surface area contributed by atoms with Crippen LogP contribution < -0.4 is 10.1 Å².